The molecule has 2 atom stereocenters. The predicted octanol–water partition coefficient (Wildman–Crippen LogP) is 1.37. The lowest BCUT2D eigenvalue weighted by Gasteiger charge is -2.35. The van der Waals surface area contributed by atoms with E-state index in [4.69, 9.17) is 10.5 Å². The van der Waals surface area contributed by atoms with Crippen LogP contribution in [0.25, 0.3) is 0 Å². The van der Waals surface area contributed by atoms with Gasteiger partial charge in [-0.2, -0.15) is 0 Å². The van der Waals surface area contributed by atoms with Gasteiger partial charge in [0.05, 0.1) is 12.7 Å². The summed E-state index contributed by atoms with van der Waals surface area (Å²) in [5, 5.41) is 9.27. The summed E-state index contributed by atoms with van der Waals surface area (Å²) in [5.74, 6) is 0.292. The molecule has 0 amide bonds. The molecule has 1 aromatic carbocycles. The van der Waals surface area contributed by atoms with Crippen molar-refractivity contribution < 1.29 is 9.84 Å². The Morgan fingerprint density at radius 3 is 2.84 bits per heavy atom. The van der Waals surface area contributed by atoms with Crippen LogP contribution in [0.3, 0.4) is 0 Å². The molecule has 3 N–H and O–H groups in total. The van der Waals surface area contributed by atoms with E-state index in [1.54, 1.807) is 12.1 Å². The summed E-state index contributed by atoms with van der Waals surface area (Å²) in [6.07, 6.45) is 2.05. The van der Waals surface area contributed by atoms with Gasteiger partial charge in [-0.1, -0.05) is 19.1 Å². The zero-order chi connectivity index (χ0) is 13.7. The summed E-state index contributed by atoms with van der Waals surface area (Å²) in [4.78, 5) is 2.42. The van der Waals surface area contributed by atoms with Gasteiger partial charge < -0.3 is 15.6 Å². The number of benzene rings is 1. The van der Waals surface area contributed by atoms with E-state index in [-0.39, 0.29) is 12.1 Å². The smallest absolute Gasteiger partial charge is 0.115 e. The van der Waals surface area contributed by atoms with E-state index >= 15 is 0 Å². The number of ether oxygens (including phenoxy) is 1. The number of rotatable bonds is 5. The molecule has 0 aromatic heterocycles. The fraction of sp³-hybridized carbons (Fsp3) is 0.600. The number of hydrogen-bond acceptors (Lipinski definition) is 4. The van der Waals surface area contributed by atoms with Crippen LogP contribution in [0.4, 0.5) is 0 Å². The zero-order valence-corrected chi connectivity index (χ0v) is 11.6. The average molecular weight is 264 g/mol. The first kappa shape index (κ1) is 14.3. The number of nitrogens with zero attached hydrogens (tertiary/aromatic N) is 1. The van der Waals surface area contributed by atoms with Gasteiger partial charge in [-0.05, 0) is 37.1 Å². The normalized spacial score (nSPS) is 22.3. The minimum atomic E-state index is 0.00389. The standard InChI is InChI=1S/C15H24N2O2/c1-2-7-17-8-9-19-15(11-17)14(16)10-12-3-5-13(18)6-4-12/h3-6,14-15,18H,2,7-11,16H2,1H3. The van der Waals surface area contributed by atoms with Crippen LogP contribution in [0.15, 0.2) is 24.3 Å². The molecule has 106 valence electrons. The SMILES string of the molecule is CCCN1CCOC(C(N)Cc2ccc(O)cc2)C1. The van der Waals surface area contributed by atoms with Crippen molar-refractivity contribution in [3.8, 4) is 5.75 Å². The molecule has 1 aliphatic heterocycles. The highest BCUT2D eigenvalue weighted by Gasteiger charge is 2.25. The maximum atomic E-state index is 9.27. The number of morpholine rings is 1. The third-order valence-electron chi connectivity index (χ3n) is 3.60. The Kier molecular flexibility index (Phi) is 5.19. The minimum absolute atomic E-state index is 0.00389. The predicted molar refractivity (Wildman–Crippen MR) is 76.3 cm³/mol. The molecule has 1 fully saturated rings. The highest BCUT2D eigenvalue weighted by molar-refractivity contribution is 5.26. The van der Waals surface area contributed by atoms with Crippen molar-refractivity contribution in [3.05, 3.63) is 29.8 Å². The monoisotopic (exact) mass is 264 g/mol. The zero-order valence-electron chi connectivity index (χ0n) is 11.6. The Bertz CT molecular complexity index is 378. The number of nitrogens with two attached hydrogens (primary N) is 1. The average Bonchev–Trinajstić information content (AvgIpc) is 2.42. The van der Waals surface area contributed by atoms with Crippen molar-refractivity contribution in [2.75, 3.05) is 26.2 Å². The molecule has 2 unspecified atom stereocenters. The lowest BCUT2D eigenvalue weighted by molar-refractivity contribution is -0.0400. The molecule has 0 bridgehead atoms. The van der Waals surface area contributed by atoms with Gasteiger partial charge in [0.2, 0.25) is 0 Å². The molecule has 1 aliphatic rings. The molecular weight excluding hydrogens is 240 g/mol. The van der Waals surface area contributed by atoms with Crippen molar-refractivity contribution in [3.63, 3.8) is 0 Å². The Morgan fingerprint density at radius 1 is 1.42 bits per heavy atom. The molecule has 0 aliphatic carbocycles. The summed E-state index contributed by atoms with van der Waals surface area (Å²) < 4.78 is 5.80. The molecule has 0 spiro atoms. The van der Waals surface area contributed by atoms with Crippen molar-refractivity contribution in [1.82, 2.24) is 4.90 Å². The molecule has 1 aromatic rings. The summed E-state index contributed by atoms with van der Waals surface area (Å²) in [6.45, 7) is 6.02. The van der Waals surface area contributed by atoms with Gasteiger partial charge in [0.1, 0.15) is 5.75 Å². The van der Waals surface area contributed by atoms with Crippen LogP contribution in [0.1, 0.15) is 18.9 Å². The van der Waals surface area contributed by atoms with Crippen molar-refractivity contribution >= 4 is 0 Å². The van der Waals surface area contributed by atoms with E-state index < -0.39 is 0 Å². The lowest BCUT2D eigenvalue weighted by atomic mass is 10.0. The van der Waals surface area contributed by atoms with Gasteiger partial charge in [-0.3, -0.25) is 4.90 Å². The van der Waals surface area contributed by atoms with Gasteiger partial charge in [-0.25, -0.2) is 0 Å². The van der Waals surface area contributed by atoms with E-state index in [1.165, 1.54) is 6.42 Å². The van der Waals surface area contributed by atoms with Crippen molar-refractivity contribution in [2.45, 2.75) is 31.9 Å². The molecule has 0 radical (unpaired) electrons. The van der Waals surface area contributed by atoms with Crippen molar-refractivity contribution in [1.29, 1.82) is 0 Å². The van der Waals surface area contributed by atoms with Gasteiger partial charge in [-0.15, -0.1) is 0 Å². The third-order valence-corrected chi connectivity index (χ3v) is 3.60. The van der Waals surface area contributed by atoms with Gasteiger partial charge >= 0.3 is 0 Å². The molecule has 2 rings (SSSR count). The highest BCUT2D eigenvalue weighted by atomic mass is 16.5. The van der Waals surface area contributed by atoms with E-state index in [2.05, 4.69) is 11.8 Å². The highest BCUT2D eigenvalue weighted by Crippen LogP contribution is 2.15. The maximum Gasteiger partial charge on any atom is 0.115 e. The fourth-order valence-electron chi connectivity index (χ4n) is 2.55. The minimum Gasteiger partial charge on any atom is -0.508 e. The fourth-order valence-corrected chi connectivity index (χ4v) is 2.55. The summed E-state index contributed by atoms with van der Waals surface area (Å²) in [5.41, 5.74) is 7.40. The van der Waals surface area contributed by atoms with Crippen LogP contribution in [0, 0.1) is 0 Å². The first-order valence-corrected chi connectivity index (χ1v) is 7.06. The second-order valence-corrected chi connectivity index (χ2v) is 5.24. The van der Waals surface area contributed by atoms with Crippen LogP contribution < -0.4 is 5.73 Å². The third kappa shape index (κ3) is 4.20. The Labute approximate surface area is 115 Å². The van der Waals surface area contributed by atoms with E-state index in [0.29, 0.717) is 5.75 Å². The van der Waals surface area contributed by atoms with E-state index in [1.807, 2.05) is 12.1 Å². The number of hydrogen-bond donors (Lipinski definition) is 2. The molecule has 19 heavy (non-hydrogen) atoms. The Morgan fingerprint density at radius 2 is 2.16 bits per heavy atom. The maximum absolute atomic E-state index is 9.27. The number of phenolic OH excluding ortho intramolecular Hbond substituents is 1. The quantitative estimate of drug-likeness (QED) is 0.843. The summed E-state index contributed by atoms with van der Waals surface area (Å²) in [7, 11) is 0. The Hall–Kier alpha value is -1.10. The summed E-state index contributed by atoms with van der Waals surface area (Å²) >= 11 is 0. The van der Waals surface area contributed by atoms with Crippen LogP contribution in [0.2, 0.25) is 0 Å². The lowest BCUT2D eigenvalue weighted by Crippen LogP contribution is -2.51. The van der Waals surface area contributed by atoms with Crippen LogP contribution in [0.5, 0.6) is 5.75 Å². The van der Waals surface area contributed by atoms with Crippen LogP contribution in [-0.4, -0.2) is 48.4 Å². The van der Waals surface area contributed by atoms with Crippen LogP contribution >= 0.6 is 0 Å². The topological polar surface area (TPSA) is 58.7 Å². The second-order valence-electron chi connectivity index (χ2n) is 5.24. The number of aromatic hydroxyl groups is 1. The van der Waals surface area contributed by atoms with Gasteiger partial charge in [0.15, 0.2) is 0 Å². The molecule has 0 saturated carbocycles. The van der Waals surface area contributed by atoms with E-state index in [0.717, 1.165) is 38.2 Å². The molecule has 4 nitrogen and oxygen atoms in total. The van der Waals surface area contributed by atoms with E-state index in [9.17, 15) is 5.11 Å². The Balaban J connectivity index is 1.88. The van der Waals surface area contributed by atoms with Crippen molar-refractivity contribution in [2.24, 2.45) is 5.73 Å². The molecular formula is C15H24N2O2. The van der Waals surface area contributed by atoms with Gasteiger partial charge in [0.25, 0.3) is 0 Å². The first-order chi connectivity index (χ1) is 9.19. The van der Waals surface area contributed by atoms with Gasteiger partial charge in [0, 0.05) is 19.1 Å². The van der Waals surface area contributed by atoms with Crippen LogP contribution in [-0.2, 0) is 11.2 Å². The number of phenols is 1. The molecule has 1 heterocycles. The largest absolute Gasteiger partial charge is 0.508 e. The molecule has 4 heteroatoms. The summed E-state index contributed by atoms with van der Waals surface area (Å²) in [6, 6.07) is 7.24. The molecule has 1 saturated heterocycles. The second kappa shape index (κ2) is 6.89. The first-order valence-electron chi connectivity index (χ1n) is 7.06.